The molecule has 0 aliphatic carbocycles. The molecular weight excluding hydrogens is 915 g/mol. The Bertz CT molecular complexity index is 2390. The van der Waals surface area contributed by atoms with Crippen molar-refractivity contribution < 1.29 is 74.7 Å². The third kappa shape index (κ3) is 17.6. The Balaban J connectivity index is 1.15. The molecule has 0 aliphatic rings. The molecule has 5 rings (SSSR count). The highest BCUT2D eigenvalue weighted by atomic mass is 19.4. The maximum Gasteiger partial charge on any atom is 0.389 e. The number of aliphatic hydroxyl groups excluding tert-OH is 2. The van der Waals surface area contributed by atoms with E-state index < -0.39 is 66.8 Å². The van der Waals surface area contributed by atoms with Gasteiger partial charge in [0.15, 0.2) is 11.6 Å². The molecule has 69 heavy (non-hydrogen) atoms. The van der Waals surface area contributed by atoms with Crippen molar-refractivity contribution in [2.45, 2.75) is 69.0 Å². The Morgan fingerprint density at radius 3 is 1.20 bits per heavy atom. The zero-order chi connectivity index (χ0) is 50.1. The van der Waals surface area contributed by atoms with Crippen LogP contribution in [0, 0.1) is 0 Å². The van der Waals surface area contributed by atoms with E-state index in [0.717, 1.165) is 12.2 Å². The quantitative estimate of drug-likeness (QED) is 0.0121. The van der Waals surface area contributed by atoms with Gasteiger partial charge in [0.2, 0.25) is 0 Å². The first-order valence-corrected chi connectivity index (χ1v) is 21.4. The summed E-state index contributed by atoms with van der Waals surface area (Å²) >= 11 is 0. The number of hydrogen-bond acceptors (Lipinski definition) is 12. The molecule has 2 unspecified atom stereocenters. The van der Waals surface area contributed by atoms with Crippen LogP contribution >= 0.6 is 0 Å². The van der Waals surface area contributed by atoms with E-state index in [1.807, 2.05) is 0 Å². The number of anilines is 2. The smallest absolute Gasteiger partial charge is 0.389 e. The predicted octanol–water partition coefficient (Wildman–Crippen LogP) is 9.88. The van der Waals surface area contributed by atoms with Gasteiger partial charge in [-0.3, -0.25) is 9.59 Å². The van der Waals surface area contributed by atoms with E-state index in [9.17, 15) is 55.7 Å². The molecule has 5 aromatic rings. The average molecular weight is 963 g/mol. The lowest BCUT2D eigenvalue weighted by Crippen LogP contribution is -2.38. The predicted molar refractivity (Wildman–Crippen MR) is 245 cm³/mol. The monoisotopic (exact) mass is 962 g/mol. The van der Waals surface area contributed by atoms with Crippen molar-refractivity contribution in [1.29, 1.82) is 0 Å². The van der Waals surface area contributed by atoms with E-state index in [1.54, 1.807) is 0 Å². The Hall–Kier alpha value is -7.44. The molecule has 0 fully saturated rings. The van der Waals surface area contributed by atoms with Gasteiger partial charge in [-0.15, -0.1) is 0 Å². The molecule has 0 saturated carbocycles. The molecule has 6 N–H and O–H groups in total. The molecule has 0 saturated heterocycles. The van der Waals surface area contributed by atoms with Crippen LogP contribution in [-0.4, -0.2) is 71.5 Å². The number of nitrogen functional groups attached to an aromatic ring is 2. The summed E-state index contributed by atoms with van der Waals surface area (Å²) in [5.41, 5.74) is 13.6. The maximum absolute atomic E-state index is 13.4. The summed E-state index contributed by atoms with van der Waals surface area (Å²) in [4.78, 5) is 52.2. The van der Waals surface area contributed by atoms with Crippen molar-refractivity contribution in [2.75, 3.05) is 24.7 Å². The third-order valence-corrected chi connectivity index (χ3v) is 10.1. The molecule has 0 amide bonds. The number of halogens is 6. The second-order valence-corrected chi connectivity index (χ2v) is 15.6. The molecule has 0 aliphatic heterocycles. The van der Waals surface area contributed by atoms with Crippen LogP contribution in [0.15, 0.2) is 127 Å². The Labute approximate surface area is 392 Å². The van der Waals surface area contributed by atoms with E-state index in [0.29, 0.717) is 22.6 Å². The van der Waals surface area contributed by atoms with Gasteiger partial charge in [0.25, 0.3) is 0 Å². The van der Waals surface area contributed by atoms with E-state index in [1.165, 1.54) is 127 Å². The molecule has 18 heteroatoms. The topological polar surface area (TPSA) is 198 Å². The van der Waals surface area contributed by atoms with Crippen LogP contribution in [0.1, 0.15) is 81.8 Å². The Morgan fingerprint density at radius 2 is 0.855 bits per heavy atom. The number of rotatable bonds is 23. The van der Waals surface area contributed by atoms with Gasteiger partial charge in [-0.1, -0.05) is 36.4 Å². The number of benzene rings is 5. The average Bonchev–Trinajstić information content (AvgIpc) is 3.30. The molecular formula is C51H48F6N2O10. The molecule has 0 heterocycles. The fraction of sp³-hybridized carbons (Fsp3) is 0.255. The number of aliphatic hydroxyl groups is 2. The molecule has 364 valence electrons. The Kier molecular flexibility index (Phi) is 18.7. The first kappa shape index (κ1) is 52.5. The summed E-state index contributed by atoms with van der Waals surface area (Å²) in [6.45, 7) is 0.162. The first-order chi connectivity index (χ1) is 32.7. The van der Waals surface area contributed by atoms with E-state index in [-0.39, 0.29) is 78.5 Å². The number of ketones is 2. The second kappa shape index (κ2) is 24.5. The van der Waals surface area contributed by atoms with Gasteiger partial charge in [-0.2, -0.15) is 26.3 Å². The SMILES string of the molecule is Nc1cc(N)cc(C(C(O)C(=O)/C=C/c2ccc(OC(=O)c3ccc(OCCCCC(F)(F)F)cc3)cc2)C(O)C(=O)/C=C/c2ccc(OC(=O)c3ccc(OCCCCC(F)(F)F)cc3)cc2)c1. The molecule has 0 radical (unpaired) electrons. The summed E-state index contributed by atoms with van der Waals surface area (Å²) in [5, 5.41) is 22.7. The third-order valence-electron chi connectivity index (χ3n) is 10.1. The number of carbonyl (C=O) groups is 4. The lowest BCUT2D eigenvalue weighted by molar-refractivity contribution is -0.136. The van der Waals surface area contributed by atoms with Gasteiger partial charge in [0.05, 0.1) is 30.3 Å². The van der Waals surface area contributed by atoms with Crippen LogP contribution in [0.4, 0.5) is 37.7 Å². The van der Waals surface area contributed by atoms with Crippen LogP contribution in [-0.2, 0) is 9.59 Å². The summed E-state index contributed by atoms with van der Waals surface area (Å²) in [6, 6.07) is 27.9. The highest BCUT2D eigenvalue weighted by Crippen LogP contribution is 2.31. The van der Waals surface area contributed by atoms with E-state index in [2.05, 4.69) is 0 Å². The van der Waals surface area contributed by atoms with Crippen molar-refractivity contribution in [3.63, 3.8) is 0 Å². The number of ether oxygens (including phenoxy) is 4. The normalized spacial score (nSPS) is 13.2. The van der Waals surface area contributed by atoms with Crippen molar-refractivity contribution in [3.05, 3.63) is 155 Å². The van der Waals surface area contributed by atoms with Gasteiger partial charge < -0.3 is 40.6 Å². The lowest BCUT2D eigenvalue weighted by Gasteiger charge is -2.26. The summed E-state index contributed by atoms with van der Waals surface area (Å²) in [5.74, 6) is -3.61. The fourth-order valence-corrected chi connectivity index (χ4v) is 6.58. The largest absolute Gasteiger partial charge is 0.494 e. The van der Waals surface area contributed by atoms with Crippen molar-refractivity contribution in [1.82, 2.24) is 0 Å². The number of unbranched alkanes of at least 4 members (excludes halogenated alkanes) is 2. The van der Waals surface area contributed by atoms with Gasteiger partial charge in [0, 0.05) is 24.2 Å². The lowest BCUT2D eigenvalue weighted by atomic mass is 9.83. The highest BCUT2D eigenvalue weighted by Gasteiger charge is 2.36. The van der Waals surface area contributed by atoms with Gasteiger partial charge in [-0.25, -0.2) is 9.59 Å². The minimum absolute atomic E-state index is 0.0646. The van der Waals surface area contributed by atoms with E-state index in [4.69, 9.17) is 30.4 Å². The molecule has 5 aromatic carbocycles. The minimum atomic E-state index is -4.22. The molecule has 0 bridgehead atoms. The van der Waals surface area contributed by atoms with Crippen LogP contribution in [0.25, 0.3) is 12.2 Å². The van der Waals surface area contributed by atoms with Gasteiger partial charge >= 0.3 is 24.3 Å². The highest BCUT2D eigenvalue weighted by molar-refractivity contribution is 6.01. The number of alkyl halides is 6. The van der Waals surface area contributed by atoms with Gasteiger partial charge in [0.1, 0.15) is 35.2 Å². The Morgan fingerprint density at radius 1 is 0.507 bits per heavy atom. The zero-order valence-corrected chi connectivity index (χ0v) is 36.8. The van der Waals surface area contributed by atoms with Crippen LogP contribution < -0.4 is 30.4 Å². The summed E-state index contributed by atoms with van der Waals surface area (Å²) in [6.07, 6.45) is -9.04. The van der Waals surface area contributed by atoms with Gasteiger partial charge in [-0.05, 0) is 146 Å². The number of esters is 2. The molecule has 0 aromatic heterocycles. The second-order valence-electron chi connectivity index (χ2n) is 15.6. The zero-order valence-electron chi connectivity index (χ0n) is 36.8. The van der Waals surface area contributed by atoms with Crippen molar-refractivity contribution in [3.8, 4) is 23.0 Å². The van der Waals surface area contributed by atoms with E-state index >= 15 is 0 Å². The van der Waals surface area contributed by atoms with Crippen LogP contribution in [0.3, 0.4) is 0 Å². The number of carbonyl (C=O) groups excluding carboxylic acids is 4. The standard InChI is InChI=1S/C51H48F6N2O10/c52-50(53,54)25-1-3-27-66-39-19-11-34(12-20-39)48(64)68-41-15-5-32(6-16-41)9-23-43(60)46(62)45(36-29-37(58)31-38(59)30-36)47(63)44(61)24-10-33-7-17-42(18-8-33)69-49(65)35-13-21-40(22-14-35)67-28-4-2-26-51(55,56)57/h5-24,29-31,45-47,62-63H,1-4,25-28,58-59H2/b23-9+,24-10+. The molecule has 2 atom stereocenters. The van der Waals surface area contributed by atoms with Crippen LogP contribution in [0.5, 0.6) is 23.0 Å². The summed E-state index contributed by atoms with van der Waals surface area (Å²) in [7, 11) is 0. The number of hydrogen-bond donors (Lipinski definition) is 4. The van der Waals surface area contributed by atoms with Crippen molar-refractivity contribution >= 4 is 47.0 Å². The number of nitrogens with two attached hydrogens (primary N) is 2. The minimum Gasteiger partial charge on any atom is -0.494 e. The first-order valence-electron chi connectivity index (χ1n) is 21.4. The summed E-state index contributed by atoms with van der Waals surface area (Å²) < 4.78 is 95.6. The maximum atomic E-state index is 13.4. The molecule has 0 spiro atoms. The molecule has 12 nitrogen and oxygen atoms in total. The fourth-order valence-electron chi connectivity index (χ4n) is 6.58. The van der Waals surface area contributed by atoms with Crippen LogP contribution in [0.2, 0.25) is 0 Å². The van der Waals surface area contributed by atoms with Crippen molar-refractivity contribution in [2.24, 2.45) is 0 Å².